The van der Waals surface area contributed by atoms with E-state index in [2.05, 4.69) is 9.83 Å². The highest BCUT2D eigenvalue weighted by Gasteiger charge is 2.09. The average Bonchev–Trinajstić information content (AvgIpc) is 2.06. The molecule has 0 spiro atoms. The van der Waals surface area contributed by atoms with E-state index < -0.39 is 7.43 Å². The van der Waals surface area contributed by atoms with Gasteiger partial charge in [-0.3, -0.25) is 9.83 Å². The van der Waals surface area contributed by atoms with Crippen LogP contribution in [0.1, 0.15) is 6.92 Å². The molecule has 0 rings (SSSR count). The minimum atomic E-state index is -1.68. The van der Waals surface area contributed by atoms with Crippen LogP contribution in [0, 0.1) is 0 Å². The van der Waals surface area contributed by atoms with E-state index in [0.29, 0.717) is 13.2 Å². The molecule has 0 fully saturated rings. The van der Waals surface area contributed by atoms with Gasteiger partial charge in [-0.2, -0.15) is 0 Å². The highest BCUT2D eigenvalue weighted by Crippen LogP contribution is 2.40. The first-order valence-corrected chi connectivity index (χ1v) is 6.15. The van der Waals surface area contributed by atoms with E-state index in [1.807, 2.05) is 13.6 Å². The Labute approximate surface area is 74.8 Å². The summed E-state index contributed by atoms with van der Waals surface area (Å²) < 4.78 is 14.7. The lowest BCUT2D eigenvalue weighted by Gasteiger charge is -2.19. The van der Waals surface area contributed by atoms with E-state index in [0.717, 1.165) is 6.54 Å². The fraction of sp³-hybridized carbons (Fsp3) is 1.00. The lowest BCUT2D eigenvalue weighted by molar-refractivity contribution is 0.151. The van der Waals surface area contributed by atoms with Crippen LogP contribution in [0.4, 0.5) is 0 Å². The maximum Gasteiger partial charge on any atom is 0.147 e. The monoisotopic (exact) mass is 194 g/mol. The van der Waals surface area contributed by atoms with Crippen LogP contribution in [0.3, 0.4) is 0 Å². The zero-order valence-corrected chi connectivity index (χ0v) is 9.23. The molecule has 1 N–H and O–H groups in total. The Balaban J connectivity index is 3.81. The molecule has 0 aromatic rings. The van der Waals surface area contributed by atoms with Crippen LogP contribution in [0.5, 0.6) is 0 Å². The van der Waals surface area contributed by atoms with Crippen molar-refractivity contribution < 1.29 is 9.26 Å². The summed E-state index contributed by atoms with van der Waals surface area (Å²) >= 11 is 0. The summed E-state index contributed by atoms with van der Waals surface area (Å²) in [5.74, 6) is 0. The predicted octanol–water partition coefficient (Wildman–Crippen LogP) is 1.55. The first-order valence-electron chi connectivity index (χ1n) is 4.05. The third-order valence-corrected chi connectivity index (χ3v) is 3.81. The van der Waals surface area contributed by atoms with Crippen LogP contribution < -0.4 is 5.09 Å². The Morgan fingerprint density at radius 3 is 2.50 bits per heavy atom. The molecule has 0 heterocycles. The summed E-state index contributed by atoms with van der Waals surface area (Å²) in [7, 11) is 1.76. The fourth-order valence-electron chi connectivity index (χ4n) is 0.766. The van der Waals surface area contributed by atoms with E-state index in [1.54, 1.807) is 14.2 Å². The van der Waals surface area contributed by atoms with Crippen LogP contribution in [0.15, 0.2) is 4.74 Å². The largest absolute Gasteiger partial charge is 0.382 e. The van der Waals surface area contributed by atoms with Crippen molar-refractivity contribution in [3.05, 3.63) is 0 Å². The minimum Gasteiger partial charge on any atom is -0.382 e. The van der Waals surface area contributed by atoms with Crippen molar-refractivity contribution in [2.75, 3.05) is 40.6 Å². The molecule has 0 aromatic heterocycles. The molecule has 0 saturated carbocycles. The molecule has 12 heavy (non-hydrogen) atoms. The molecule has 0 aromatic carbocycles. The molecule has 0 radical (unpaired) electrons. The molecule has 74 valence electrons. The normalized spacial score (nSPS) is 15.7. The lowest BCUT2D eigenvalue weighted by Crippen LogP contribution is -2.13. The van der Waals surface area contributed by atoms with Crippen LogP contribution in [0.2, 0.25) is 0 Å². The smallest absolute Gasteiger partial charge is 0.147 e. The second kappa shape index (κ2) is 6.61. The average molecular weight is 194 g/mol. The van der Waals surface area contributed by atoms with Gasteiger partial charge in [0.05, 0.1) is 13.2 Å². The number of ether oxygens (including phenoxy) is 1. The van der Waals surface area contributed by atoms with Crippen molar-refractivity contribution in [1.29, 1.82) is 0 Å². The first-order chi connectivity index (χ1) is 5.68. The summed E-state index contributed by atoms with van der Waals surface area (Å²) in [5, 5.41) is 3.23. The second-order valence-corrected chi connectivity index (χ2v) is 5.15. The van der Waals surface area contributed by atoms with Gasteiger partial charge in [-0.15, -0.1) is 0 Å². The van der Waals surface area contributed by atoms with Crippen molar-refractivity contribution in [1.82, 2.24) is 5.09 Å². The zero-order chi connectivity index (χ0) is 9.45. The van der Waals surface area contributed by atoms with Crippen molar-refractivity contribution in [2.24, 2.45) is 4.74 Å². The molecule has 0 aliphatic carbocycles. The van der Waals surface area contributed by atoms with Gasteiger partial charge in [-0.05, 0) is 6.54 Å². The third kappa shape index (κ3) is 4.88. The molecule has 1 atom stereocenters. The van der Waals surface area contributed by atoms with Gasteiger partial charge in [0, 0.05) is 20.8 Å². The van der Waals surface area contributed by atoms with E-state index >= 15 is 0 Å². The number of nitrogens with one attached hydrogen (secondary N) is 1. The van der Waals surface area contributed by atoms with Gasteiger partial charge in [-0.1, -0.05) is 6.92 Å². The number of methoxy groups -OCH3 is 1. The summed E-state index contributed by atoms with van der Waals surface area (Å²) in [6.45, 7) is 6.16. The fourth-order valence-corrected chi connectivity index (χ4v) is 2.13. The molecule has 1 unspecified atom stereocenters. The predicted molar refractivity (Wildman–Crippen MR) is 52.7 cm³/mol. The highest BCUT2D eigenvalue weighted by molar-refractivity contribution is 7.58. The second-order valence-electron chi connectivity index (χ2n) is 2.42. The van der Waals surface area contributed by atoms with Gasteiger partial charge in [0.1, 0.15) is 7.43 Å². The Bertz CT molecular complexity index is 161. The molecular weight excluding hydrogens is 175 g/mol. The minimum absolute atomic E-state index is 0.602. The number of hydrogen-bond acceptors (Lipinski definition) is 3. The summed E-state index contributed by atoms with van der Waals surface area (Å²) in [4.78, 5) is 0. The molecule has 4 nitrogen and oxygen atoms in total. The topological polar surface area (TPSA) is 42.9 Å². The van der Waals surface area contributed by atoms with E-state index in [4.69, 9.17) is 9.26 Å². The van der Waals surface area contributed by atoms with E-state index in [9.17, 15) is 0 Å². The molecular formula is C7H19N2O2P. The van der Waals surface area contributed by atoms with Crippen LogP contribution >= 0.6 is 7.43 Å². The molecule has 0 aliphatic rings. The maximum absolute atomic E-state index is 5.57. The van der Waals surface area contributed by atoms with Crippen molar-refractivity contribution in [2.45, 2.75) is 6.92 Å². The van der Waals surface area contributed by atoms with Gasteiger partial charge in [-0.25, -0.2) is 0 Å². The van der Waals surface area contributed by atoms with Gasteiger partial charge in [0.15, 0.2) is 0 Å². The van der Waals surface area contributed by atoms with E-state index in [1.165, 1.54) is 0 Å². The van der Waals surface area contributed by atoms with Gasteiger partial charge in [0.2, 0.25) is 0 Å². The Kier molecular flexibility index (Phi) is 6.67. The molecule has 0 amide bonds. The van der Waals surface area contributed by atoms with Crippen molar-refractivity contribution in [3.8, 4) is 0 Å². The standard InChI is InChI=1S/C7H19N2O2P/c1-5-9-12(4,8-2)11-7-6-10-3/h9H,5-7H2,1-4H3. The quantitative estimate of drug-likeness (QED) is 0.515. The summed E-state index contributed by atoms with van der Waals surface area (Å²) in [6, 6.07) is 0. The molecule has 0 saturated heterocycles. The Morgan fingerprint density at radius 1 is 1.42 bits per heavy atom. The van der Waals surface area contributed by atoms with Gasteiger partial charge < -0.3 is 9.26 Å². The number of nitrogens with zero attached hydrogens (tertiary/aromatic N) is 1. The van der Waals surface area contributed by atoms with Crippen LogP contribution in [-0.4, -0.2) is 40.6 Å². The third-order valence-electron chi connectivity index (χ3n) is 1.46. The summed E-state index contributed by atoms with van der Waals surface area (Å²) in [5.41, 5.74) is 0. The molecule has 5 heteroatoms. The van der Waals surface area contributed by atoms with Crippen LogP contribution in [-0.2, 0) is 9.26 Å². The lowest BCUT2D eigenvalue weighted by atomic mass is 10.8. The molecule has 0 bridgehead atoms. The zero-order valence-electron chi connectivity index (χ0n) is 8.33. The van der Waals surface area contributed by atoms with Gasteiger partial charge in [0.25, 0.3) is 0 Å². The van der Waals surface area contributed by atoms with E-state index in [-0.39, 0.29) is 0 Å². The SMILES string of the molecule is CCNP(C)(=NC)OCCOC. The maximum atomic E-state index is 5.57. The van der Waals surface area contributed by atoms with Crippen molar-refractivity contribution >= 4 is 7.43 Å². The highest BCUT2D eigenvalue weighted by atomic mass is 31.2. The molecule has 0 aliphatic heterocycles. The van der Waals surface area contributed by atoms with Crippen LogP contribution in [0.25, 0.3) is 0 Å². The van der Waals surface area contributed by atoms with Crippen molar-refractivity contribution in [3.63, 3.8) is 0 Å². The Hall–Kier alpha value is 0.110. The summed E-state index contributed by atoms with van der Waals surface area (Å²) in [6.07, 6.45) is 0. The number of rotatable bonds is 6. The van der Waals surface area contributed by atoms with Gasteiger partial charge >= 0.3 is 0 Å². The number of hydrogen-bond donors (Lipinski definition) is 1. The Morgan fingerprint density at radius 2 is 2.08 bits per heavy atom. The first kappa shape index (κ1) is 12.1.